The molecule has 0 spiro atoms. The fourth-order valence-electron chi connectivity index (χ4n) is 1.62. The smallest absolute Gasteiger partial charge is 0.340 e. The zero-order valence-electron chi connectivity index (χ0n) is 8.42. The molecule has 2 N–H and O–H groups in total. The Morgan fingerprint density at radius 3 is 2.73 bits per heavy atom. The van der Waals surface area contributed by atoms with Crippen molar-refractivity contribution in [3.05, 3.63) is 29.1 Å². The summed E-state index contributed by atoms with van der Waals surface area (Å²) < 4.78 is 18.3. The molecule has 2 rings (SSSR count). The number of benzene rings is 1. The average Bonchev–Trinajstić information content (AvgIpc) is 3.03. The summed E-state index contributed by atoms with van der Waals surface area (Å²) in [6.45, 7) is 0. The third kappa shape index (κ3) is 1.79. The van der Waals surface area contributed by atoms with Crippen LogP contribution in [0.1, 0.15) is 34.7 Å². The van der Waals surface area contributed by atoms with Gasteiger partial charge in [0.05, 0.1) is 12.7 Å². The minimum Gasteiger partial charge on any atom is -0.465 e. The highest BCUT2D eigenvalue weighted by Gasteiger charge is 2.29. The molecule has 0 saturated heterocycles. The fourth-order valence-corrected chi connectivity index (χ4v) is 1.62. The van der Waals surface area contributed by atoms with Crippen LogP contribution in [0.2, 0.25) is 0 Å². The van der Waals surface area contributed by atoms with Crippen molar-refractivity contribution in [3.63, 3.8) is 0 Å². The molecule has 0 amide bonds. The lowest BCUT2D eigenvalue weighted by Gasteiger charge is -2.07. The van der Waals surface area contributed by atoms with Gasteiger partial charge in [0.2, 0.25) is 0 Å². The second-order valence-corrected chi connectivity index (χ2v) is 3.74. The van der Waals surface area contributed by atoms with E-state index in [0.29, 0.717) is 11.3 Å². The van der Waals surface area contributed by atoms with E-state index in [4.69, 9.17) is 5.73 Å². The molecule has 1 aliphatic carbocycles. The van der Waals surface area contributed by atoms with Gasteiger partial charge in [-0.1, -0.05) is 0 Å². The molecule has 15 heavy (non-hydrogen) atoms. The number of methoxy groups -OCH3 is 1. The van der Waals surface area contributed by atoms with Crippen molar-refractivity contribution in [2.45, 2.75) is 18.8 Å². The maximum atomic E-state index is 13.8. The monoisotopic (exact) mass is 209 g/mol. The van der Waals surface area contributed by atoms with Crippen molar-refractivity contribution in [2.24, 2.45) is 0 Å². The first-order valence-corrected chi connectivity index (χ1v) is 4.80. The number of anilines is 1. The van der Waals surface area contributed by atoms with E-state index in [1.807, 2.05) is 0 Å². The molecule has 80 valence electrons. The Labute approximate surface area is 87.0 Å². The van der Waals surface area contributed by atoms with E-state index < -0.39 is 11.8 Å². The number of carbonyl (C=O) groups is 1. The number of carbonyl (C=O) groups excluding carboxylic acids is 1. The molecule has 1 aromatic rings. The Kier molecular flexibility index (Phi) is 2.34. The lowest BCUT2D eigenvalue weighted by atomic mass is 10.0. The number of hydrogen-bond acceptors (Lipinski definition) is 3. The van der Waals surface area contributed by atoms with E-state index in [9.17, 15) is 9.18 Å². The van der Waals surface area contributed by atoms with E-state index in [-0.39, 0.29) is 11.5 Å². The number of rotatable bonds is 2. The third-order valence-corrected chi connectivity index (χ3v) is 2.55. The number of nitrogen functional groups attached to an aromatic ring is 1. The second kappa shape index (κ2) is 3.53. The van der Waals surface area contributed by atoms with Crippen LogP contribution in [-0.4, -0.2) is 13.1 Å². The lowest BCUT2D eigenvalue weighted by molar-refractivity contribution is 0.0595. The van der Waals surface area contributed by atoms with Gasteiger partial charge in [0.25, 0.3) is 0 Å². The predicted molar refractivity (Wildman–Crippen MR) is 54.1 cm³/mol. The highest BCUT2D eigenvalue weighted by molar-refractivity contribution is 5.91. The molecule has 3 nitrogen and oxygen atoms in total. The van der Waals surface area contributed by atoms with Crippen LogP contribution in [0.25, 0.3) is 0 Å². The normalized spacial score (nSPS) is 15.1. The second-order valence-electron chi connectivity index (χ2n) is 3.74. The summed E-state index contributed by atoms with van der Waals surface area (Å²) in [5.41, 5.74) is 6.48. The molecular weight excluding hydrogens is 197 g/mol. The maximum absolute atomic E-state index is 13.8. The molecule has 1 aliphatic rings. The standard InChI is InChI=1S/C11H12FNO2/c1-15-11(14)9-5-7(13)4-8(10(9)12)6-2-3-6/h4-6H,2-3,13H2,1H3. The van der Waals surface area contributed by atoms with E-state index in [2.05, 4.69) is 4.74 Å². The first kappa shape index (κ1) is 9.96. The molecular formula is C11H12FNO2. The van der Waals surface area contributed by atoms with Crippen molar-refractivity contribution in [2.75, 3.05) is 12.8 Å². The Balaban J connectivity index is 2.49. The van der Waals surface area contributed by atoms with E-state index in [1.165, 1.54) is 13.2 Å². The Morgan fingerprint density at radius 1 is 1.53 bits per heavy atom. The molecule has 0 aliphatic heterocycles. The molecule has 1 saturated carbocycles. The van der Waals surface area contributed by atoms with Crippen LogP contribution in [0.4, 0.5) is 10.1 Å². The van der Waals surface area contributed by atoms with E-state index in [0.717, 1.165) is 12.8 Å². The van der Waals surface area contributed by atoms with Crippen molar-refractivity contribution in [1.29, 1.82) is 0 Å². The van der Waals surface area contributed by atoms with Gasteiger partial charge in [-0.25, -0.2) is 9.18 Å². The van der Waals surface area contributed by atoms with Crippen molar-refractivity contribution < 1.29 is 13.9 Å². The van der Waals surface area contributed by atoms with Crippen LogP contribution in [-0.2, 0) is 4.74 Å². The largest absolute Gasteiger partial charge is 0.465 e. The van der Waals surface area contributed by atoms with E-state index in [1.54, 1.807) is 6.07 Å². The van der Waals surface area contributed by atoms with Gasteiger partial charge in [0.1, 0.15) is 5.82 Å². The van der Waals surface area contributed by atoms with Crippen LogP contribution in [0, 0.1) is 5.82 Å². The van der Waals surface area contributed by atoms with Crippen LogP contribution >= 0.6 is 0 Å². The Morgan fingerprint density at radius 2 is 2.20 bits per heavy atom. The molecule has 4 heteroatoms. The Hall–Kier alpha value is -1.58. The molecule has 0 unspecified atom stereocenters. The van der Waals surface area contributed by atoms with Crippen molar-refractivity contribution in [1.82, 2.24) is 0 Å². The Bertz CT molecular complexity index is 413. The summed E-state index contributed by atoms with van der Waals surface area (Å²) in [6, 6.07) is 2.91. The summed E-state index contributed by atoms with van der Waals surface area (Å²) in [6.07, 6.45) is 1.92. The van der Waals surface area contributed by atoms with Crippen LogP contribution in [0.15, 0.2) is 12.1 Å². The molecule has 0 aromatic heterocycles. The van der Waals surface area contributed by atoms with Gasteiger partial charge < -0.3 is 10.5 Å². The summed E-state index contributed by atoms with van der Waals surface area (Å²) in [5, 5.41) is 0. The van der Waals surface area contributed by atoms with Gasteiger partial charge in [0.15, 0.2) is 0 Å². The zero-order chi connectivity index (χ0) is 11.0. The molecule has 0 heterocycles. The molecule has 0 atom stereocenters. The quantitative estimate of drug-likeness (QED) is 0.599. The van der Waals surface area contributed by atoms with Gasteiger partial charge in [-0.2, -0.15) is 0 Å². The van der Waals surface area contributed by atoms with Gasteiger partial charge in [0, 0.05) is 5.69 Å². The van der Waals surface area contributed by atoms with Crippen LogP contribution in [0.5, 0.6) is 0 Å². The summed E-state index contributed by atoms with van der Waals surface area (Å²) in [4.78, 5) is 11.3. The number of esters is 1. The lowest BCUT2D eigenvalue weighted by Crippen LogP contribution is -2.07. The summed E-state index contributed by atoms with van der Waals surface area (Å²) >= 11 is 0. The zero-order valence-corrected chi connectivity index (χ0v) is 8.42. The first-order valence-electron chi connectivity index (χ1n) is 4.80. The highest BCUT2D eigenvalue weighted by Crippen LogP contribution is 2.42. The van der Waals surface area contributed by atoms with Gasteiger partial charge in [-0.15, -0.1) is 0 Å². The SMILES string of the molecule is COC(=O)c1cc(N)cc(C2CC2)c1F. The third-order valence-electron chi connectivity index (χ3n) is 2.55. The van der Waals surface area contributed by atoms with Gasteiger partial charge in [-0.3, -0.25) is 0 Å². The molecule has 1 aromatic carbocycles. The number of hydrogen-bond donors (Lipinski definition) is 1. The predicted octanol–water partition coefficient (Wildman–Crippen LogP) is 2.07. The van der Waals surface area contributed by atoms with Crippen molar-refractivity contribution >= 4 is 11.7 Å². The number of ether oxygens (including phenoxy) is 1. The molecule has 1 fully saturated rings. The topological polar surface area (TPSA) is 52.3 Å². The van der Waals surface area contributed by atoms with Gasteiger partial charge >= 0.3 is 5.97 Å². The number of halogens is 1. The van der Waals surface area contributed by atoms with Crippen molar-refractivity contribution in [3.8, 4) is 0 Å². The average molecular weight is 209 g/mol. The fraction of sp³-hybridized carbons (Fsp3) is 0.364. The van der Waals surface area contributed by atoms with Crippen LogP contribution in [0.3, 0.4) is 0 Å². The minimum atomic E-state index is -0.679. The molecule has 0 radical (unpaired) electrons. The summed E-state index contributed by atoms with van der Waals surface area (Å²) in [7, 11) is 1.22. The summed E-state index contributed by atoms with van der Waals surface area (Å²) in [5.74, 6) is -0.947. The first-order chi connectivity index (χ1) is 7.13. The highest BCUT2D eigenvalue weighted by atomic mass is 19.1. The van der Waals surface area contributed by atoms with Crippen LogP contribution < -0.4 is 5.73 Å². The maximum Gasteiger partial charge on any atom is 0.340 e. The number of nitrogens with two attached hydrogens (primary N) is 1. The van der Waals surface area contributed by atoms with Gasteiger partial charge in [-0.05, 0) is 36.5 Å². The van der Waals surface area contributed by atoms with E-state index >= 15 is 0 Å². The molecule has 0 bridgehead atoms. The minimum absolute atomic E-state index is 0.0700.